The fraction of sp³-hybridized carbons (Fsp3) is 0.308. The van der Waals surface area contributed by atoms with Crippen molar-refractivity contribution in [3.8, 4) is 11.5 Å². The monoisotopic (exact) mass is 260 g/mol. The number of benzene rings is 1. The standard InChI is InChI=1S/C13H16N4O2/c1-3-8-14-13(18)16-11-6-4-10(5-7-11)12-15-9(2)17-19-12/h4-7H,3,8H2,1-2H3,(H2,14,16,18). The molecule has 2 N–H and O–H groups in total. The number of rotatable bonds is 4. The molecule has 2 amide bonds. The number of aryl methyl sites for hydroxylation is 1. The van der Waals surface area contributed by atoms with Crippen LogP contribution in [0.5, 0.6) is 0 Å². The Morgan fingerprint density at radius 3 is 2.63 bits per heavy atom. The molecule has 0 spiro atoms. The van der Waals surface area contributed by atoms with Crippen molar-refractivity contribution in [1.82, 2.24) is 15.5 Å². The van der Waals surface area contributed by atoms with Crippen LogP contribution in [0.2, 0.25) is 0 Å². The highest BCUT2D eigenvalue weighted by molar-refractivity contribution is 5.89. The fourth-order valence-electron chi connectivity index (χ4n) is 1.52. The maximum atomic E-state index is 11.5. The van der Waals surface area contributed by atoms with Crippen LogP contribution in [0.3, 0.4) is 0 Å². The number of anilines is 1. The highest BCUT2D eigenvalue weighted by atomic mass is 16.5. The summed E-state index contributed by atoms with van der Waals surface area (Å²) in [5.41, 5.74) is 1.54. The molecule has 0 radical (unpaired) electrons. The van der Waals surface area contributed by atoms with E-state index in [1.54, 1.807) is 19.1 Å². The van der Waals surface area contributed by atoms with E-state index in [2.05, 4.69) is 20.8 Å². The lowest BCUT2D eigenvalue weighted by Crippen LogP contribution is -2.29. The van der Waals surface area contributed by atoms with Crippen LogP contribution >= 0.6 is 0 Å². The molecule has 0 bridgehead atoms. The van der Waals surface area contributed by atoms with Gasteiger partial charge in [-0.2, -0.15) is 4.98 Å². The van der Waals surface area contributed by atoms with Gasteiger partial charge in [-0.3, -0.25) is 0 Å². The third kappa shape index (κ3) is 3.54. The van der Waals surface area contributed by atoms with Crippen molar-refractivity contribution in [2.45, 2.75) is 20.3 Å². The van der Waals surface area contributed by atoms with Crippen LogP contribution in [0.1, 0.15) is 19.2 Å². The number of urea groups is 1. The average molecular weight is 260 g/mol. The first kappa shape index (κ1) is 13.1. The summed E-state index contributed by atoms with van der Waals surface area (Å²) in [6, 6.07) is 7.02. The van der Waals surface area contributed by atoms with E-state index >= 15 is 0 Å². The molecular formula is C13H16N4O2. The van der Waals surface area contributed by atoms with E-state index in [4.69, 9.17) is 4.52 Å². The summed E-state index contributed by atoms with van der Waals surface area (Å²) < 4.78 is 5.06. The molecule has 0 aliphatic heterocycles. The molecule has 1 heterocycles. The number of hydrogen-bond donors (Lipinski definition) is 2. The zero-order chi connectivity index (χ0) is 13.7. The quantitative estimate of drug-likeness (QED) is 0.885. The lowest BCUT2D eigenvalue weighted by molar-refractivity contribution is 0.252. The Morgan fingerprint density at radius 2 is 2.05 bits per heavy atom. The Hall–Kier alpha value is -2.37. The van der Waals surface area contributed by atoms with E-state index in [9.17, 15) is 4.79 Å². The summed E-state index contributed by atoms with van der Waals surface area (Å²) in [6.07, 6.45) is 0.906. The Bertz CT molecular complexity index is 548. The van der Waals surface area contributed by atoms with Gasteiger partial charge in [0.25, 0.3) is 5.89 Å². The zero-order valence-electron chi connectivity index (χ0n) is 10.9. The Balaban J connectivity index is 2.00. The number of carbonyl (C=O) groups is 1. The predicted molar refractivity (Wildman–Crippen MR) is 71.8 cm³/mol. The van der Waals surface area contributed by atoms with E-state index < -0.39 is 0 Å². The van der Waals surface area contributed by atoms with Crippen LogP contribution in [-0.4, -0.2) is 22.7 Å². The van der Waals surface area contributed by atoms with Gasteiger partial charge in [0.1, 0.15) is 0 Å². The van der Waals surface area contributed by atoms with Crippen LogP contribution in [0.4, 0.5) is 10.5 Å². The molecule has 2 rings (SSSR count). The summed E-state index contributed by atoms with van der Waals surface area (Å²) in [6.45, 7) is 4.42. The SMILES string of the molecule is CCCNC(=O)Nc1ccc(-c2nc(C)no2)cc1. The summed E-state index contributed by atoms with van der Waals surface area (Å²) in [4.78, 5) is 15.6. The minimum atomic E-state index is -0.205. The second kappa shape index (κ2) is 5.99. The van der Waals surface area contributed by atoms with Gasteiger partial charge in [-0.1, -0.05) is 12.1 Å². The van der Waals surface area contributed by atoms with Crippen molar-refractivity contribution in [2.75, 3.05) is 11.9 Å². The molecule has 0 aliphatic carbocycles. The zero-order valence-corrected chi connectivity index (χ0v) is 10.9. The summed E-state index contributed by atoms with van der Waals surface area (Å²) in [5, 5.41) is 9.22. The first-order valence-electron chi connectivity index (χ1n) is 6.14. The largest absolute Gasteiger partial charge is 0.338 e. The minimum Gasteiger partial charge on any atom is -0.338 e. The maximum Gasteiger partial charge on any atom is 0.319 e. The number of carbonyl (C=O) groups excluding carboxylic acids is 1. The molecule has 0 aliphatic rings. The second-order valence-corrected chi connectivity index (χ2v) is 4.10. The molecular weight excluding hydrogens is 244 g/mol. The van der Waals surface area contributed by atoms with Gasteiger partial charge in [0, 0.05) is 17.8 Å². The molecule has 1 aromatic heterocycles. The van der Waals surface area contributed by atoms with Crippen LogP contribution in [-0.2, 0) is 0 Å². The number of nitrogens with zero attached hydrogens (tertiary/aromatic N) is 2. The van der Waals surface area contributed by atoms with Crippen LogP contribution in [0.15, 0.2) is 28.8 Å². The summed E-state index contributed by atoms with van der Waals surface area (Å²) >= 11 is 0. The molecule has 0 atom stereocenters. The number of amides is 2. The third-order valence-corrected chi connectivity index (χ3v) is 2.45. The van der Waals surface area contributed by atoms with Crippen LogP contribution in [0.25, 0.3) is 11.5 Å². The fourth-order valence-corrected chi connectivity index (χ4v) is 1.52. The van der Waals surface area contributed by atoms with Crippen molar-refractivity contribution in [2.24, 2.45) is 0 Å². The molecule has 2 aromatic rings. The smallest absolute Gasteiger partial charge is 0.319 e. The van der Waals surface area contributed by atoms with Crippen molar-refractivity contribution < 1.29 is 9.32 Å². The van der Waals surface area contributed by atoms with Crippen molar-refractivity contribution in [3.63, 3.8) is 0 Å². The van der Waals surface area contributed by atoms with Crippen LogP contribution < -0.4 is 10.6 Å². The second-order valence-electron chi connectivity index (χ2n) is 4.10. The average Bonchev–Trinajstić information content (AvgIpc) is 2.84. The van der Waals surface area contributed by atoms with E-state index in [0.29, 0.717) is 23.9 Å². The van der Waals surface area contributed by atoms with E-state index in [1.807, 2.05) is 19.1 Å². The summed E-state index contributed by atoms with van der Waals surface area (Å²) in [5.74, 6) is 1.07. The topological polar surface area (TPSA) is 80.0 Å². The predicted octanol–water partition coefficient (Wildman–Crippen LogP) is 2.58. The Morgan fingerprint density at radius 1 is 1.32 bits per heavy atom. The Labute approximate surface area is 111 Å². The van der Waals surface area contributed by atoms with Crippen molar-refractivity contribution in [1.29, 1.82) is 0 Å². The maximum absolute atomic E-state index is 11.5. The van der Waals surface area contributed by atoms with Gasteiger partial charge in [-0.25, -0.2) is 4.79 Å². The third-order valence-electron chi connectivity index (χ3n) is 2.45. The molecule has 1 aromatic carbocycles. The molecule has 0 unspecified atom stereocenters. The van der Waals surface area contributed by atoms with Gasteiger partial charge in [-0.05, 0) is 37.6 Å². The lowest BCUT2D eigenvalue weighted by Gasteiger charge is -2.06. The molecule has 0 fully saturated rings. The number of aromatic nitrogens is 2. The van der Waals surface area contributed by atoms with E-state index in [0.717, 1.165) is 12.0 Å². The van der Waals surface area contributed by atoms with Gasteiger partial charge in [0.2, 0.25) is 0 Å². The molecule has 0 saturated heterocycles. The van der Waals surface area contributed by atoms with Gasteiger partial charge < -0.3 is 15.2 Å². The lowest BCUT2D eigenvalue weighted by atomic mass is 10.2. The molecule has 0 saturated carbocycles. The minimum absolute atomic E-state index is 0.205. The number of nitrogens with one attached hydrogen (secondary N) is 2. The van der Waals surface area contributed by atoms with Gasteiger partial charge >= 0.3 is 6.03 Å². The van der Waals surface area contributed by atoms with E-state index in [-0.39, 0.29) is 6.03 Å². The van der Waals surface area contributed by atoms with Crippen molar-refractivity contribution >= 4 is 11.7 Å². The Kier molecular flexibility index (Phi) is 4.12. The van der Waals surface area contributed by atoms with Crippen LogP contribution in [0, 0.1) is 6.92 Å². The highest BCUT2D eigenvalue weighted by Crippen LogP contribution is 2.19. The van der Waals surface area contributed by atoms with Crippen molar-refractivity contribution in [3.05, 3.63) is 30.1 Å². The van der Waals surface area contributed by atoms with Gasteiger partial charge in [-0.15, -0.1) is 0 Å². The highest BCUT2D eigenvalue weighted by Gasteiger charge is 2.06. The molecule has 6 nitrogen and oxygen atoms in total. The summed E-state index contributed by atoms with van der Waals surface area (Å²) in [7, 11) is 0. The van der Waals surface area contributed by atoms with E-state index in [1.165, 1.54) is 0 Å². The first-order chi connectivity index (χ1) is 9.19. The molecule has 19 heavy (non-hydrogen) atoms. The normalized spacial score (nSPS) is 10.2. The molecule has 6 heteroatoms. The molecule has 100 valence electrons. The number of hydrogen-bond acceptors (Lipinski definition) is 4. The van der Waals surface area contributed by atoms with Gasteiger partial charge in [0.05, 0.1) is 0 Å². The van der Waals surface area contributed by atoms with Gasteiger partial charge in [0.15, 0.2) is 5.82 Å². The first-order valence-corrected chi connectivity index (χ1v) is 6.14.